The van der Waals surface area contributed by atoms with Crippen molar-refractivity contribution in [3.63, 3.8) is 0 Å². The second kappa shape index (κ2) is 4.98. The van der Waals surface area contributed by atoms with Gasteiger partial charge in [-0.05, 0) is 11.6 Å². The second-order valence-electron chi connectivity index (χ2n) is 4.00. The zero-order valence-electron chi connectivity index (χ0n) is 9.91. The minimum absolute atomic E-state index is 0.211. The van der Waals surface area contributed by atoms with Crippen LogP contribution in [0.5, 0.6) is 0 Å². The first-order valence-electron chi connectivity index (χ1n) is 5.73. The predicted molar refractivity (Wildman–Crippen MR) is 67.2 cm³/mol. The van der Waals surface area contributed by atoms with Crippen LogP contribution in [0.3, 0.4) is 0 Å². The van der Waals surface area contributed by atoms with E-state index in [1.807, 2.05) is 0 Å². The fourth-order valence-electron chi connectivity index (χ4n) is 1.84. The highest BCUT2D eigenvalue weighted by molar-refractivity contribution is 6.28. The highest BCUT2D eigenvalue weighted by Crippen LogP contribution is 2.17. The molecule has 0 radical (unpaired) electrons. The van der Waals surface area contributed by atoms with E-state index in [2.05, 4.69) is 20.5 Å². The van der Waals surface area contributed by atoms with Crippen LogP contribution in [-0.2, 0) is 4.74 Å². The molecular formula is C10H11ClN6O2. The maximum absolute atomic E-state index is 12.1. The van der Waals surface area contributed by atoms with Gasteiger partial charge in [0.25, 0.3) is 0 Å². The molecular weight excluding hydrogens is 272 g/mol. The van der Waals surface area contributed by atoms with E-state index in [-0.39, 0.29) is 11.3 Å². The molecule has 1 fully saturated rings. The number of halogens is 1. The standard InChI is InChI=1S/C10H11ClN6O2/c11-9-12-5-7(8-15-13-6-17(8)9)14-10(18)16-1-3-19-4-2-16/h5-6H,1-4H2,(H,14,18). The third kappa shape index (κ3) is 2.32. The summed E-state index contributed by atoms with van der Waals surface area (Å²) in [5.41, 5.74) is 0.931. The summed E-state index contributed by atoms with van der Waals surface area (Å²) in [7, 11) is 0. The molecule has 1 aliphatic rings. The van der Waals surface area contributed by atoms with Gasteiger partial charge in [0.05, 0.1) is 19.4 Å². The number of anilines is 1. The summed E-state index contributed by atoms with van der Waals surface area (Å²) in [5, 5.41) is 10.6. The molecule has 0 aromatic carbocycles. The number of hydrogen-bond acceptors (Lipinski definition) is 5. The number of nitrogens with one attached hydrogen (secondary N) is 1. The van der Waals surface area contributed by atoms with Crippen LogP contribution in [0.1, 0.15) is 0 Å². The van der Waals surface area contributed by atoms with Crippen LogP contribution < -0.4 is 5.32 Å². The third-order valence-electron chi connectivity index (χ3n) is 2.83. The number of ether oxygens (including phenoxy) is 1. The van der Waals surface area contributed by atoms with Gasteiger partial charge in [-0.25, -0.2) is 9.78 Å². The van der Waals surface area contributed by atoms with E-state index in [1.54, 1.807) is 4.90 Å². The summed E-state index contributed by atoms with van der Waals surface area (Å²) >= 11 is 5.89. The van der Waals surface area contributed by atoms with E-state index in [9.17, 15) is 4.79 Å². The minimum Gasteiger partial charge on any atom is -0.378 e. The van der Waals surface area contributed by atoms with Gasteiger partial charge in [0.2, 0.25) is 5.28 Å². The Kier molecular flexibility index (Phi) is 3.18. The second-order valence-corrected chi connectivity index (χ2v) is 4.33. The average molecular weight is 283 g/mol. The van der Waals surface area contributed by atoms with Gasteiger partial charge in [-0.15, -0.1) is 10.2 Å². The van der Waals surface area contributed by atoms with Gasteiger partial charge >= 0.3 is 6.03 Å². The molecule has 9 heteroatoms. The lowest BCUT2D eigenvalue weighted by atomic mass is 10.4. The van der Waals surface area contributed by atoms with Gasteiger partial charge in [-0.3, -0.25) is 4.40 Å². The SMILES string of the molecule is O=C(Nc1cnc(Cl)n2cnnc12)N1CCOCC1. The van der Waals surface area contributed by atoms with Crippen LogP contribution in [-0.4, -0.2) is 56.8 Å². The molecule has 8 nitrogen and oxygen atoms in total. The third-order valence-corrected chi connectivity index (χ3v) is 3.11. The fraction of sp³-hybridized carbons (Fsp3) is 0.400. The number of morpholine rings is 1. The average Bonchev–Trinajstić information content (AvgIpc) is 2.93. The summed E-state index contributed by atoms with van der Waals surface area (Å²) in [6.45, 7) is 2.23. The van der Waals surface area contributed by atoms with E-state index in [0.29, 0.717) is 37.6 Å². The summed E-state index contributed by atoms with van der Waals surface area (Å²) in [5.74, 6) is 0. The van der Waals surface area contributed by atoms with Crippen molar-refractivity contribution in [2.24, 2.45) is 0 Å². The molecule has 2 aromatic heterocycles. The Morgan fingerprint density at radius 3 is 3.00 bits per heavy atom. The number of carbonyl (C=O) groups is 1. The lowest BCUT2D eigenvalue weighted by Crippen LogP contribution is -2.43. The van der Waals surface area contributed by atoms with Crippen molar-refractivity contribution in [3.8, 4) is 0 Å². The van der Waals surface area contributed by atoms with Gasteiger partial charge in [-0.1, -0.05) is 0 Å². The molecule has 100 valence electrons. The lowest BCUT2D eigenvalue weighted by Gasteiger charge is -2.26. The Balaban J connectivity index is 1.83. The Morgan fingerprint density at radius 2 is 2.21 bits per heavy atom. The maximum atomic E-state index is 12.1. The van der Waals surface area contributed by atoms with Crippen molar-refractivity contribution >= 4 is 29.0 Å². The number of amides is 2. The topological polar surface area (TPSA) is 84.7 Å². The van der Waals surface area contributed by atoms with Crippen LogP contribution in [0.2, 0.25) is 5.28 Å². The number of fused-ring (bicyclic) bond motifs is 1. The number of nitrogens with zero attached hydrogens (tertiary/aromatic N) is 5. The number of urea groups is 1. The van der Waals surface area contributed by atoms with E-state index < -0.39 is 0 Å². The number of hydrogen-bond donors (Lipinski definition) is 1. The van der Waals surface area contributed by atoms with E-state index in [4.69, 9.17) is 16.3 Å². The van der Waals surface area contributed by atoms with Gasteiger partial charge in [0.15, 0.2) is 5.65 Å². The Bertz CT molecular complexity index is 609. The van der Waals surface area contributed by atoms with Crippen LogP contribution >= 0.6 is 11.6 Å². The highest BCUT2D eigenvalue weighted by Gasteiger charge is 2.18. The molecule has 0 spiro atoms. The summed E-state index contributed by atoms with van der Waals surface area (Å²) < 4.78 is 6.69. The monoisotopic (exact) mass is 282 g/mol. The predicted octanol–water partition coefficient (Wildman–Crippen LogP) is 0.642. The van der Waals surface area contributed by atoms with Crippen molar-refractivity contribution in [2.75, 3.05) is 31.6 Å². The largest absolute Gasteiger partial charge is 0.378 e. The molecule has 1 saturated heterocycles. The molecule has 0 saturated carbocycles. The first-order valence-corrected chi connectivity index (χ1v) is 6.11. The zero-order chi connectivity index (χ0) is 13.2. The highest BCUT2D eigenvalue weighted by atomic mass is 35.5. The van der Waals surface area contributed by atoms with Crippen LogP contribution in [0.4, 0.5) is 10.5 Å². The van der Waals surface area contributed by atoms with Crippen molar-refractivity contribution in [1.82, 2.24) is 24.5 Å². The first-order chi connectivity index (χ1) is 9.25. The molecule has 0 bridgehead atoms. The Morgan fingerprint density at radius 1 is 1.42 bits per heavy atom. The molecule has 0 atom stereocenters. The van der Waals surface area contributed by atoms with Crippen molar-refractivity contribution in [3.05, 3.63) is 17.8 Å². The molecule has 1 aliphatic heterocycles. The normalized spacial score (nSPS) is 15.7. The number of rotatable bonds is 1. The molecule has 2 aromatic rings. The van der Waals surface area contributed by atoms with Crippen molar-refractivity contribution in [2.45, 2.75) is 0 Å². The van der Waals surface area contributed by atoms with Gasteiger partial charge < -0.3 is 15.0 Å². The minimum atomic E-state index is -0.211. The van der Waals surface area contributed by atoms with Crippen molar-refractivity contribution < 1.29 is 9.53 Å². The smallest absolute Gasteiger partial charge is 0.322 e. The molecule has 2 amide bonds. The van der Waals surface area contributed by atoms with Crippen LogP contribution in [0, 0.1) is 0 Å². The summed E-state index contributed by atoms with van der Waals surface area (Å²) in [4.78, 5) is 17.7. The number of aromatic nitrogens is 4. The first kappa shape index (κ1) is 12.1. The van der Waals surface area contributed by atoms with E-state index in [0.717, 1.165) is 0 Å². The molecule has 0 aliphatic carbocycles. The summed E-state index contributed by atoms with van der Waals surface area (Å²) in [6, 6.07) is -0.211. The van der Waals surface area contributed by atoms with E-state index in [1.165, 1.54) is 16.9 Å². The van der Waals surface area contributed by atoms with Gasteiger partial charge in [0.1, 0.15) is 12.0 Å². The summed E-state index contributed by atoms with van der Waals surface area (Å²) in [6.07, 6.45) is 2.90. The molecule has 19 heavy (non-hydrogen) atoms. The molecule has 3 heterocycles. The van der Waals surface area contributed by atoms with Gasteiger partial charge in [0, 0.05) is 13.1 Å². The van der Waals surface area contributed by atoms with Gasteiger partial charge in [-0.2, -0.15) is 0 Å². The lowest BCUT2D eigenvalue weighted by molar-refractivity contribution is 0.0564. The van der Waals surface area contributed by atoms with Crippen molar-refractivity contribution in [1.29, 1.82) is 0 Å². The fourth-order valence-corrected chi connectivity index (χ4v) is 2.01. The quantitative estimate of drug-likeness (QED) is 0.776. The molecule has 0 unspecified atom stereocenters. The molecule has 1 N–H and O–H groups in total. The Hall–Kier alpha value is -1.93. The Labute approximate surface area is 113 Å². The van der Waals surface area contributed by atoms with E-state index >= 15 is 0 Å². The zero-order valence-corrected chi connectivity index (χ0v) is 10.7. The van der Waals surface area contributed by atoms with Crippen LogP contribution in [0.15, 0.2) is 12.5 Å². The molecule has 3 rings (SSSR count). The van der Waals surface area contributed by atoms with Crippen LogP contribution in [0.25, 0.3) is 5.65 Å². The number of carbonyl (C=O) groups excluding carboxylic acids is 1. The maximum Gasteiger partial charge on any atom is 0.322 e.